The van der Waals surface area contributed by atoms with Crippen molar-refractivity contribution in [2.24, 2.45) is 0 Å². The maximum absolute atomic E-state index is 12.0. The first kappa shape index (κ1) is 17.0. The molecule has 0 aliphatic rings. The van der Waals surface area contributed by atoms with Gasteiger partial charge in [0.05, 0.1) is 0 Å². The standard InChI is InChI=1S/C16H25N3O2/c1-10-7-11(2)9-13(8-10)17-12(3)14(20)18-15(21)19-16(4,5)6/h7-9,12,17H,1-6H3,(H2,18,19,20,21). The Morgan fingerprint density at radius 3 is 2.05 bits per heavy atom. The molecule has 1 aromatic rings. The second-order valence-electron chi connectivity index (χ2n) is 6.44. The maximum atomic E-state index is 12.0. The number of benzene rings is 1. The number of hydrogen-bond donors (Lipinski definition) is 3. The second kappa shape index (κ2) is 6.61. The Balaban J connectivity index is 2.60. The lowest BCUT2D eigenvalue weighted by Gasteiger charge is -2.21. The molecule has 0 bridgehead atoms. The van der Waals surface area contributed by atoms with Crippen LogP contribution in [0.3, 0.4) is 0 Å². The molecule has 0 aromatic heterocycles. The minimum absolute atomic E-state index is 0.365. The first-order valence-electron chi connectivity index (χ1n) is 7.04. The van der Waals surface area contributed by atoms with Crippen molar-refractivity contribution < 1.29 is 9.59 Å². The van der Waals surface area contributed by atoms with E-state index >= 15 is 0 Å². The van der Waals surface area contributed by atoms with Crippen LogP contribution in [0.25, 0.3) is 0 Å². The Labute approximate surface area is 126 Å². The molecular weight excluding hydrogens is 266 g/mol. The summed E-state index contributed by atoms with van der Waals surface area (Å²) in [5.41, 5.74) is 2.73. The monoisotopic (exact) mass is 291 g/mol. The number of rotatable bonds is 3. The lowest BCUT2D eigenvalue weighted by molar-refractivity contribution is -0.120. The molecule has 0 saturated heterocycles. The van der Waals surface area contributed by atoms with Gasteiger partial charge in [0.2, 0.25) is 5.91 Å². The molecule has 1 atom stereocenters. The van der Waals surface area contributed by atoms with Crippen molar-refractivity contribution in [3.8, 4) is 0 Å². The molecule has 116 valence electrons. The van der Waals surface area contributed by atoms with Crippen LogP contribution in [0.15, 0.2) is 18.2 Å². The van der Waals surface area contributed by atoms with Gasteiger partial charge >= 0.3 is 6.03 Å². The van der Waals surface area contributed by atoms with Gasteiger partial charge in [-0.3, -0.25) is 10.1 Å². The molecular formula is C16H25N3O2. The molecule has 5 heteroatoms. The number of carbonyl (C=O) groups excluding carboxylic acids is 2. The number of hydrogen-bond acceptors (Lipinski definition) is 3. The lowest BCUT2D eigenvalue weighted by Crippen LogP contribution is -2.51. The summed E-state index contributed by atoms with van der Waals surface area (Å²) in [7, 11) is 0. The van der Waals surface area contributed by atoms with Gasteiger partial charge in [-0.25, -0.2) is 4.79 Å². The van der Waals surface area contributed by atoms with Gasteiger partial charge in [-0.05, 0) is 64.8 Å². The van der Waals surface area contributed by atoms with E-state index < -0.39 is 12.1 Å². The normalized spacial score (nSPS) is 12.5. The number of amides is 3. The third-order valence-corrected chi connectivity index (χ3v) is 2.72. The second-order valence-corrected chi connectivity index (χ2v) is 6.44. The third kappa shape index (κ3) is 6.29. The quantitative estimate of drug-likeness (QED) is 0.802. The van der Waals surface area contributed by atoms with Crippen molar-refractivity contribution in [2.45, 2.75) is 53.1 Å². The summed E-state index contributed by atoms with van der Waals surface area (Å²) >= 11 is 0. The summed E-state index contributed by atoms with van der Waals surface area (Å²) in [4.78, 5) is 23.6. The molecule has 0 aliphatic heterocycles. The molecule has 0 heterocycles. The van der Waals surface area contributed by atoms with E-state index in [1.54, 1.807) is 6.92 Å². The number of carbonyl (C=O) groups is 2. The highest BCUT2D eigenvalue weighted by atomic mass is 16.2. The summed E-state index contributed by atoms with van der Waals surface area (Å²) in [6.07, 6.45) is 0. The maximum Gasteiger partial charge on any atom is 0.321 e. The van der Waals surface area contributed by atoms with Crippen molar-refractivity contribution in [3.63, 3.8) is 0 Å². The van der Waals surface area contributed by atoms with Crippen molar-refractivity contribution in [3.05, 3.63) is 29.3 Å². The van der Waals surface area contributed by atoms with E-state index in [4.69, 9.17) is 0 Å². The van der Waals surface area contributed by atoms with E-state index in [2.05, 4.69) is 22.0 Å². The first-order chi connectivity index (χ1) is 9.56. The topological polar surface area (TPSA) is 70.2 Å². The van der Waals surface area contributed by atoms with Gasteiger partial charge in [0.25, 0.3) is 0 Å². The van der Waals surface area contributed by atoms with Crippen LogP contribution in [0, 0.1) is 13.8 Å². The Kier molecular flexibility index (Phi) is 5.35. The molecule has 5 nitrogen and oxygen atoms in total. The molecule has 3 amide bonds. The van der Waals surface area contributed by atoms with Crippen LogP contribution in [0.4, 0.5) is 10.5 Å². The number of aryl methyl sites for hydroxylation is 2. The Morgan fingerprint density at radius 2 is 1.57 bits per heavy atom. The van der Waals surface area contributed by atoms with E-state index in [0.717, 1.165) is 16.8 Å². The highest BCUT2D eigenvalue weighted by molar-refractivity contribution is 5.98. The molecule has 21 heavy (non-hydrogen) atoms. The average molecular weight is 291 g/mol. The van der Waals surface area contributed by atoms with E-state index in [1.165, 1.54) is 0 Å². The summed E-state index contributed by atoms with van der Waals surface area (Å²) in [6.45, 7) is 11.3. The van der Waals surface area contributed by atoms with Gasteiger partial charge < -0.3 is 10.6 Å². The van der Waals surface area contributed by atoms with Crippen LogP contribution in [-0.2, 0) is 4.79 Å². The molecule has 1 rings (SSSR count). The number of imide groups is 1. The zero-order chi connectivity index (χ0) is 16.2. The number of anilines is 1. The van der Waals surface area contributed by atoms with E-state index in [1.807, 2.05) is 46.8 Å². The highest BCUT2D eigenvalue weighted by Gasteiger charge is 2.19. The summed E-state index contributed by atoms with van der Waals surface area (Å²) in [5, 5.41) is 8.12. The molecule has 0 saturated carbocycles. The van der Waals surface area contributed by atoms with Gasteiger partial charge in [-0.2, -0.15) is 0 Å². The molecule has 1 aromatic carbocycles. The van der Waals surface area contributed by atoms with Crippen molar-refractivity contribution >= 4 is 17.6 Å². The molecule has 0 fully saturated rings. The molecule has 1 unspecified atom stereocenters. The van der Waals surface area contributed by atoms with Gasteiger partial charge in [0.1, 0.15) is 6.04 Å². The summed E-state index contributed by atoms with van der Waals surface area (Å²) < 4.78 is 0. The van der Waals surface area contributed by atoms with E-state index in [-0.39, 0.29) is 11.4 Å². The van der Waals surface area contributed by atoms with Crippen LogP contribution in [0.1, 0.15) is 38.8 Å². The van der Waals surface area contributed by atoms with Crippen molar-refractivity contribution in [1.29, 1.82) is 0 Å². The van der Waals surface area contributed by atoms with E-state index in [9.17, 15) is 9.59 Å². The van der Waals surface area contributed by atoms with Crippen LogP contribution in [-0.4, -0.2) is 23.5 Å². The largest absolute Gasteiger partial charge is 0.374 e. The fourth-order valence-corrected chi connectivity index (χ4v) is 1.97. The molecule has 0 aliphatic carbocycles. The predicted octanol–water partition coefficient (Wildman–Crippen LogP) is 2.73. The predicted molar refractivity (Wildman–Crippen MR) is 85.4 cm³/mol. The lowest BCUT2D eigenvalue weighted by atomic mass is 10.1. The zero-order valence-electron chi connectivity index (χ0n) is 13.6. The summed E-state index contributed by atoms with van der Waals surface area (Å²) in [5.74, 6) is -0.365. The van der Waals surface area contributed by atoms with Crippen molar-refractivity contribution in [1.82, 2.24) is 10.6 Å². The third-order valence-electron chi connectivity index (χ3n) is 2.72. The summed E-state index contributed by atoms with van der Waals surface area (Å²) in [6, 6.07) is 5.00. The fraction of sp³-hybridized carbons (Fsp3) is 0.500. The highest BCUT2D eigenvalue weighted by Crippen LogP contribution is 2.14. The number of nitrogens with one attached hydrogen (secondary N) is 3. The van der Waals surface area contributed by atoms with Crippen LogP contribution in [0.2, 0.25) is 0 Å². The molecule has 3 N–H and O–H groups in total. The van der Waals surface area contributed by atoms with Gasteiger partial charge in [-0.15, -0.1) is 0 Å². The van der Waals surface area contributed by atoms with Crippen LogP contribution < -0.4 is 16.0 Å². The zero-order valence-corrected chi connectivity index (χ0v) is 13.6. The Bertz CT molecular complexity index is 513. The molecule has 0 spiro atoms. The Hall–Kier alpha value is -2.04. The number of urea groups is 1. The van der Waals surface area contributed by atoms with Crippen LogP contribution >= 0.6 is 0 Å². The minimum Gasteiger partial charge on any atom is -0.374 e. The average Bonchev–Trinajstić information content (AvgIpc) is 2.24. The fourth-order valence-electron chi connectivity index (χ4n) is 1.97. The minimum atomic E-state index is -0.503. The Morgan fingerprint density at radius 1 is 1.05 bits per heavy atom. The van der Waals surface area contributed by atoms with Gasteiger partial charge in [-0.1, -0.05) is 6.07 Å². The molecule has 0 radical (unpaired) electrons. The van der Waals surface area contributed by atoms with Gasteiger partial charge in [0.15, 0.2) is 0 Å². The van der Waals surface area contributed by atoms with E-state index in [0.29, 0.717) is 0 Å². The SMILES string of the molecule is Cc1cc(C)cc(NC(C)C(=O)NC(=O)NC(C)(C)C)c1. The van der Waals surface area contributed by atoms with Crippen LogP contribution in [0.5, 0.6) is 0 Å². The van der Waals surface area contributed by atoms with Crippen molar-refractivity contribution in [2.75, 3.05) is 5.32 Å². The van der Waals surface area contributed by atoms with Gasteiger partial charge in [0, 0.05) is 11.2 Å². The first-order valence-corrected chi connectivity index (χ1v) is 7.04. The smallest absolute Gasteiger partial charge is 0.321 e.